The third kappa shape index (κ3) is 5.49. The van der Waals surface area contributed by atoms with Gasteiger partial charge < -0.3 is 15.5 Å². The van der Waals surface area contributed by atoms with Gasteiger partial charge in [0.15, 0.2) is 0 Å². The molecule has 1 aliphatic heterocycles. The van der Waals surface area contributed by atoms with Crippen molar-refractivity contribution in [3.8, 4) is 0 Å². The molecule has 1 atom stereocenters. The number of hydrogen-bond donors (Lipinski definition) is 2. The molecular formula is C14H27N3O2. The topological polar surface area (TPSA) is 61.4 Å². The zero-order valence-electron chi connectivity index (χ0n) is 12.7. The maximum absolute atomic E-state index is 12.2. The quantitative estimate of drug-likeness (QED) is 0.802. The number of amides is 3. The second-order valence-electron chi connectivity index (χ2n) is 6.58. The number of nitrogens with one attached hydrogen (secondary N) is 2. The molecule has 0 aromatic heterocycles. The summed E-state index contributed by atoms with van der Waals surface area (Å²) in [6, 6.07) is -0.769. The molecule has 0 spiro atoms. The molecule has 19 heavy (non-hydrogen) atoms. The Morgan fingerprint density at radius 2 is 1.74 bits per heavy atom. The molecule has 1 unspecified atom stereocenters. The largest absolute Gasteiger partial charge is 0.341 e. The number of rotatable bonds is 2. The van der Waals surface area contributed by atoms with Crippen molar-refractivity contribution in [2.45, 2.75) is 59.0 Å². The Bertz CT molecular complexity index is 328. The smallest absolute Gasteiger partial charge is 0.315 e. The highest BCUT2D eigenvalue weighted by Crippen LogP contribution is 2.16. The summed E-state index contributed by atoms with van der Waals surface area (Å²) in [6.07, 6.45) is 2.10. The molecule has 1 heterocycles. The average molecular weight is 269 g/mol. The fourth-order valence-corrected chi connectivity index (χ4v) is 2.14. The number of carbonyl (C=O) groups excluding carboxylic acids is 2. The van der Waals surface area contributed by atoms with Crippen molar-refractivity contribution in [2.24, 2.45) is 5.92 Å². The van der Waals surface area contributed by atoms with Crippen LogP contribution in [0.3, 0.4) is 0 Å². The molecule has 3 amide bonds. The highest BCUT2D eigenvalue weighted by Gasteiger charge is 2.26. The summed E-state index contributed by atoms with van der Waals surface area (Å²) in [5.74, 6) is 0.701. The number of nitrogens with zero attached hydrogens (tertiary/aromatic N) is 1. The average Bonchev–Trinajstić information content (AvgIpc) is 2.26. The predicted octanol–water partition coefficient (Wildman–Crippen LogP) is 1.73. The molecule has 1 fully saturated rings. The van der Waals surface area contributed by atoms with Crippen LogP contribution in [0, 0.1) is 5.92 Å². The summed E-state index contributed by atoms with van der Waals surface area (Å²) in [6.45, 7) is 11.3. The summed E-state index contributed by atoms with van der Waals surface area (Å²) in [7, 11) is 0. The van der Waals surface area contributed by atoms with Gasteiger partial charge in [0.05, 0.1) is 0 Å². The lowest BCUT2D eigenvalue weighted by Gasteiger charge is -2.32. The summed E-state index contributed by atoms with van der Waals surface area (Å²) in [5.41, 5.74) is -0.298. The fourth-order valence-electron chi connectivity index (χ4n) is 2.14. The molecule has 110 valence electrons. The molecule has 0 aromatic rings. The fraction of sp³-hybridized carbons (Fsp3) is 0.857. The summed E-state index contributed by atoms with van der Waals surface area (Å²) >= 11 is 0. The van der Waals surface area contributed by atoms with Gasteiger partial charge in [-0.15, -0.1) is 0 Å². The summed E-state index contributed by atoms with van der Waals surface area (Å²) < 4.78 is 0. The number of likely N-dealkylation sites (tertiary alicyclic amines) is 1. The van der Waals surface area contributed by atoms with E-state index in [1.165, 1.54) is 0 Å². The first-order chi connectivity index (χ1) is 8.69. The van der Waals surface area contributed by atoms with Crippen LogP contribution in [0.15, 0.2) is 0 Å². The van der Waals surface area contributed by atoms with Crippen LogP contribution in [0.5, 0.6) is 0 Å². The highest BCUT2D eigenvalue weighted by molar-refractivity contribution is 5.86. The van der Waals surface area contributed by atoms with Gasteiger partial charge in [-0.25, -0.2) is 4.79 Å². The Labute approximate surface area is 116 Å². The van der Waals surface area contributed by atoms with Crippen LogP contribution >= 0.6 is 0 Å². The monoisotopic (exact) mass is 269 g/mol. The van der Waals surface area contributed by atoms with Crippen LogP contribution in [0.25, 0.3) is 0 Å². The Kier molecular flexibility index (Phi) is 5.20. The SMILES string of the molecule is CC1CCN(C(=O)C(C)NC(=O)NC(C)(C)C)CC1. The first kappa shape index (κ1) is 15.8. The minimum absolute atomic E-state index is 0.0101. The maximum Gasteiger partial charge on any atom is 0.315 e. The Morgan fingerprint density at radius 1 is 1.21 bits per heavy atom. The number of carbonyl (C=O) groups is 2. The minimum atomic E-state index is -0.476. The van der Waals surface area contributed by atoms with Crippen molar-refractivity contribution >= 4 is 11.9 Å². The van der Waals surface area contributed by atoms with E-state index in [0.717, 1.165) is 25.9 Å². The maximum atomic E-state index is 12.2. The Morgan fingerprint density at radius 3 is 2.21 bits per heavy atom. The van der Waals surface area contributed by atoms with Crippen LogP contribution in [-0.4, -0.2) is 41.5 Å². The molecule has 0 aromatic carbocycles. The lowest BCUT2D eigenvalue weighted by atomic mass is 9.99. The van der Waals surface area contributed by atoms with Gasteiger partial charge in [0.2, 0.25) is 5.91 Å². The molecule has 5 nitrogen and oxygen atoms in total. The van der Waals surface area contributed by atoms with Crippen LogP contribution in [0.4, 0.5) is 4.79 Å². The molecule has 0 aliphatic carbocycles. The van der Waals surface area contributed by atoms with Gasteiger partial charge in [-0.2, -0.15) is 0 Å². The van der Waals surface area contributed by atoms with Crippen molar-refractivity contribution < 1.29 is 9.59 Å². The molecule has 0 bridgehead atoms. The second-order valence-corrected chi connectivity index (χ2v) is 6.58. The zero-order chi connectivity index (χ0) is 14.6. The lowest BCUT2D eigenvalue weighted by molar-refractivity contribution is -0.134. The molecular weight excluding hydrogens is 242 g/mol. The van der Waals surface area contributed by atoms with Crippen LogP contribution < -0.4 is 10.6 Å². The minimum Gasteiger partial charge on any atom is -0.341 e. The van der Waals surface area contributed by atoms with Crippen LogP contribution in [0.1, 0.15) is 47.5 Å². The number of urea groups is 1. The van der Waals surface area contributed by atoms with Crippen molar-refractivity contribution in [3.05, 3.63) is 0 Å². The highest BCUT2D eigenvalue weighted by atomic mass is 16.2. The van der Waals surface area contributed by atoms with E-state index in [1.54, 1.807) is 6.92 Å². The van der Waals surface area contributed by atoms with Gasteiger partial charge in [-0.3, -0.25) is 4.79 Å². The van der Waals surface area contributed by atoms with E-state index in [4.69, 9.17) is 0 Å². The first-order valence-electron chi connectivity index (χ1n) is 7.06. The number of piperidine rings is 1. The molecule has 0 radical (unpaired) electrons. The van der Waals surface area contributed by atoms with Gasteiger partial charge in [0.25, 0.3) is 0 Å². The number of hydrogen-bond acceptors (Lipinski definition) is 2. The normalized spacial score (nSPS) is 18.9. The van der Waals surface area contributed by atoms with E-state index in [-0.39, 0.29) is 17.5 Å². The molecule has 5 heteroatoms. The van der Waals surface area contributed by atoms with Crippen molar-refractivity contribution in [1.29, 1.82) is 0 Å². The Balaban J connectivity index is 2.42. The van der Waals surface area contributed by atoms with E-state index in [2.05, 4.69) is 17.6 Å². The molecule has 2 N–H and O–H groups in total. The van der Waals surface area contributed by atoms with Crippen molar-refractivity contribution in [2.75, 3.05) is 13.1 Å². The zero-order valence-corrected chi connectivity index (χ0v) is 12.7. The summed E-state index contributed by atoms with van der Waals surface area (Å²) in [4.78, 5) is 25.8. The summed E-state index contributed by atoms with van der Waals surface area (Å²) in [5, 5.41) is 5.50. The molecule has 1 saturated heterocycles. The van der Waals surface area contributed by atoms with Gasteiger partial charge in [-0.05, 0) is 46.5 Å². The van der Waals surface area contributed by atoms with E-state index in [9.17, 15) is 9.59 Å². The molecule has 0 saturated carbocycles. The van der Waals surface area contributed by atoms with Gasteiger partial charge in [0.1, 0.15) is 6.04 Å². The Hall–Kier alpha value is -1.26. The van der Waals surface area contributed by atoms with Crippen molar-refractivity contribution in [1.82, 2.24) is 15.5 Å². The van der Waals surface area contributed by atoms with E-state index >= 15 is 0 Å². The molecule has 1 aliphatic rings. The predicted molar refractivity (Wildman–Crippen MR) is 75.9 cm³/mol. The van der Waals surface area contributed by atoms with Gasteiger partial charge in [0, 0.05) is 18.6 Å². The standard InChI is InChI=1S/C14H27N3O2/c1-10-6-8-17(9-7-10)12(18)11(2)15-13(19)16-14(3,4)5/h10-11H,6-9H2,1-5H3,(H2,15,16,19). The lowest BCUT2D eigenvalue weighted by Crippen LogP contribution is -2.54. The van der Waals surface area contributed by atoms with E-state index in [1.807, 2.05) is 25.7 Å². The van der Waals surface area contributed by atoms with Crippen molar-refractivity contribution in [3.63, 3.8) is 0 Å². The third-order valence-electron chi connectivity index (χ3n) is 3.30. The van der Waals surface area contributed by atoms with Crippen LogP contribution in [-0.2, 0) is 4.79 Å². The third-order valence-corrected chi connectivity index (χ3v) is 3.30. The van der Waals surface area contributed by atoms with Gasteiger partial charge >= 0.3 is 6.03 Å². The van der Waals surface area contributed by atoms with Crippen LogP contribution in [0.2, 0.25) is 0 Å². The van der Waals surface area contributed by atoms with E-state index < -0.39 is 6.04 Å². The first-order valence-corrected chi connectivity index (χ1v) is 7.06. The molecule has 1 rings (SSSR count). The van der Waals surface area contributed by atoms with E-state index in [0.29, 0.717) is 5.92 Å². The second kappa shape index (κ2) is 6.26. The van der Waals surface area contributed by atoms with Gasteiger partial charge in [-0.1, -0.05) is 6.92 Å².